The minimum Gasteiger partial charge on any atom is -0.493 e. The first kappa shape index (κ1) is 26.0. The van der Waals surface area contributed by atoms with Crippen molar-refractivity contribution in [2.45, 2.75) is 13.8 Å². The van der Waals surface area contributed by atoms with Gasteiger partial charge >= 0.3 is 0 Å². The number of halogens is 2. The molecular formula is C25H28F2N6O5. The minimum absolute atomic E-state index is 0.109. The molecule has 4 aliphatic heterocycles. The number of rotatable bonds is 3. The Labute approximate surface area is 217 Å². The molecule has 4 bridgehead atoms. The number of aldehydes is 1. The molecule has 2 aromatic heterocycles. The number of nitrogens with zero attached hydrogens (tertiary/aromatic N) is 6. The van der Waals surface area contributed by atoms with Crippen LogP contribution < -0.4 is 9.47 Å². The highest BCUT2D eigenvalue weighted by Gasteiger charge is 2.36. The molecule has 4 fully saturated rings. The predicted molar refractivity (Wildman–Crippen MR) is 132 cm³/mol. The smallest absolute Gasteiger partial charge is 0.197 e. The van der Waals surface area contributed by atoms with Gasteiger partial charge in [0.25, 0.3) is 0 Å². The van der Waals surface area contributed by atoms with Gasteiger partial charge in [-0.2, -0.15) is 0 Å². The molecule has 2 aromatic carbocycles. The summed E-state index contributed by atoms with van der Waals surface area (Å²) in [4.78, 5) is 28.5. The number of benzene rings is 2. The summed E-state index contributed by atoms with van der Waals surface area (Å²) in [6, 6.07) is 3.69. The Kier molecular flexibility index (Phi) is 7.25. The first-order valence-electron chi connectivity index (χ1n) is 11.9. The molecule has 11 nitrogen and oxygen atoms in total. The fraction of sp³-hybridized carbons (Fsp3) is 0.400. The van der Waals surface area contributed by atoms with E-state index in [1.54, 1.807) is 13.8 Å². The Morgan fingerprint density at radius 1 is 0.789 bits per heavy atom. The van der Waals surface area contributed by atoms with E-state index in [0.29, 0.717) is 40.5 Å². The van der Waals surface area contributed by atoms with Crippen LogP contribution in [0.15, 0.2) is 27.0 Å². The number of hydrogen-bond acceptors (Lipinski definition) is 11. The number of fused-ring (bicyclic) bond motifs is 2. The Balaban J connectivity index is 0.000000118. The number of oxazole rings is 2. The van der Waals surface area contributed by atoms with Crippen LogP contribution in [0, 0.1) is 25.5 Å². The molecule has 13 heteroatoms. The third-order valence-corrected chi connectivity index (χ3v) is 6.21. The highest BCUT2D eigenvalue weighted by Crippen LogP contribution is 2.30. The highest BCUT2D eigenvalue weighted by atomic mass is 19.1. The topological polar surface area (TPSA) is 101 Å². The van der Waals surface area contributed by atoms with E-state index in [1.165, 1.54) is 66.4 Å². The van der Waals surface area contributed by atoms with Gasteiger partial charge in [0.05, 0.1) is 59.8 Å². The van der Waals surface area contributed by atoms with E-state index in [4.69, 9.17) is 18.3 Å². The predicted octanol–water partition coefficient (Wildman–Crippen LogP) is 3.36. The van der Waals surface area contributed by atoms with Crippen molar-refractivity contribution < 1.29 is 31.9 Å². The fourth-order valence-electron chi connectivity index (χ4n) is 4.88. The molecule has 8 rings (SSSR count). The van der Waals surface area contributed by atoms with Gasteiger partial charge in [-0.05, 0) is 0 Å². The third-order valence-electron chi connectivity index (χ3n) is 6.21. The zero-order chi connectivity index (χ0) is 27.0. The van der Waals surface area contributed by atoms with Gasteiger partial charge in [-0.15, -0.1) is 0 Å². The van der Waals surface area contributed by atoms with Gasteiger partial charge in [0.2, 0.25) is 0 Å². The molecule has 0 spiro atoms. The minimum atomic E-state index is -0.664. The van der Waals surface area contributed by atoms with Crippen LogP contribution in [0.4, 0.5) is 8.78 Å². The zero-order valence-electron chi connectivity index (χ0n) is 21.5. The van der Waals surface area contributed by atoms with Gasteiger partial charge in [0.15, 0.2) is 40.7 Å². The number of aryl methyl sites for hydroxylation is 2. The Bertz CT molecular complexity index is 1420. The van der Waals surface area contributed by atoms with Gasteiger partial charge in [-0.25, -0.2) is 18.7 Å². The lowest BCUT2D eigenvalue weighted by Crippen LogP contribution is -2.71. The van der Waals surface area contributed by atoms with Crippen molar-refractivity contribution >= 4 is 28.5 Å². The standard InChI is InChI=1S/C10H8FNO3.C9H8FNO2.C6H12N4/c1-5-12-9-6(4-13)7(11)3-8(14-2)10(9)15-5;1-5-11-7-3-6(10)4-8(12-2)9(7)13-5;1-7-2-9-4-8(1)5-10(3-7)6-9/h3-4H,1-2H3;3-4H,1-2H3;1-6H2. The summed E-state index contributed by atoms with van der Waals surface area (Å²) in [5.74, 6) is 0.417. The second kappa shape index (κ2) is 10.6. The summed E-state index contributed by atoms with van der Waals surface area (Å²) in [5.41, 5.74) is 1.34. The molecule has 0 saturated carbocycles. The van der Waals surface area contributed by atoms with E-state index in [2.05, 4.69) is 29.6 Å². The molecule has 0 N–H and O–H groups in total. The molecule has 0 aliphatic carbocycles. The van der Waals surface area contributed by atoms with Gasteiger partial charge in [0, 0.05) is 32.0 Å². The van der Waals surface area contributed by atoms with Crippen molar-refractivity contribution in [3.8, 4) is 11.5 Å². The molecule has 4 aliphatic rings. The number of carbonyl (C=O) groups is 1. The SMILES string of the molecule is C1N2CN3CN1CN(C2)C3.COc1cc(F)c(C=O)c2nc(C)oc12.COc1cc(F)cc2nc(C)oc12. The average Bonchev–Trinajstić information content (AvgIpc) is 3.44. The summed E-state index contributed by atoms with van der Waals surface area (Å²) in [7, 11) is 2.86. The molecule has 0 atom stereocenters. The number of hydrogen-bond donors (Lipinski definition) is 0. The maximum Gasteiger partial charge on any atom is 0.197 e. The lowest BCUT2D eigenvalue weighted by molar-refractivity contribution is -0.194. The van der Waals surface area contributed by atoms with Crippen molar-refractivity contribution in [3.63, 3.8) is 0 Å². The summed E-state index contributed by atoms with van der Waals surface area (Å²) < 4.78 is 46.7. The first-order valence-corrected chi connectivity index (χ1v) is 11.9. The van der Waals surface area contributed by atoms with Crippen molar-refractivity contribution in [2.24, 2.45) is 0 Å². The number of aromatic nitrogens is 2. The second-order valence-electron chi connectivity index (χ2n) is 9.22. The van der Waals surface area contributed by atoms with Crippen LogP contribution in [-0.2, 0) is 0 Å². The number of ether oxygens (including phenoxy) is 2. The van der Waals surface area contributed by atoms with Gasteiger partial charge in [-0.3, -0.25) is 24.4 Å². The summed E-state index contributed by atoms with van der Waals surface area (Å²) in [6.45, 7) is 10.4. The van der Waals surface area contributed by atoms with Gasteiger partial charge in [-0.1, -0.05) is 0 Å². The summed E-state index contributed by atoms with van der Waals surface area (Å²) in [6.07, 6.45) is 0.416. The molecule has 4 saturated heterocycles. The highest BCUT2D eigenvalue weighted by molar-refractivity contribution is 5.96. The average molecular weight is 531 g/mol. The normalized spacial score (nSPS) is 23.0. The lowest BCUT2D eigenvalue weighted by atomic mass is 10.2. The third kappa shape index (κ3) is 5.18. The van der Waals surface area contributed by atoms with E-state index < -0.39 is 5.82 Å². The summed E-state index contributed by atoms with van der Waals surface area (Å²) >= 11 is 0. The van der Waals surface area contributed by atoms with Crippen LogP contribution in [0.2, 0.25) is 0 Å². The molecule has 0 unspecified atom stereocenters. The van der Waals surface area contributed by atoms with Gasteiger partial charge < -0.3 is 18.3 Å². The van der Waals surface area contributed by atoms with Crippen LogP contribution in [0.3, 0.4) is 0 Å². The first-order chi connectivity index (χ1) is 18.3. The quantitative estimate of drug-likeness (QED) is 0.365. The van der Waals surface area contributed by atoms with Crippen molar-refractivity contribution in [2.75, 3.05) is 54.2 Å². The second-order valence-corrected chi connectivity index (χ2v) is 9.22. The molecule has 202 valence electrons. The lowest BCUT2D eigenvalue weighted by Gasteiger charge is -2.56. The van der Waals surface area contributed by atoms with E-state index in [1.807, 2.05) is 0 Å². The van der Waals surface area contributed by atoms with Crippen LogP contribution in [0.1, 0.15) is 22.1 Å². The van der Waals surface area contributed by atoms with Crippen LogP contribution >= 0.6 is 0 Å². The maximum atomic E-state index is 13.4. The van der Waals surface area contributed by atoms with Crippen molar-refractivity contribution in [3.05, 3.63) is 47.2 Å². The van der Waals surface area contributed by atoms with Crippen LogP contribution in [0.25, 0.3) is 22.2 Å². The molecule has 6 heterocycles. The van der Waals surface area contributed by atoms with E-state index in [9.17, 15) is 13.6 Å². The number of methoxy groups -OCH3 is 2. The maximum absolute atomic E-state index is 13.4. The monoisotopic (exact) mass is 530 g/mol. The zero-order valence-corrected chi connectivity index (χ0v) is 21.5. The molecule has 0 amide bonds. The van der Waals surface area contributed by atoms with E-state index in [-0.39, 0.29) is 22.6 Å². The van der Waals surface area contributed by atoms with Crippen molar-refractivity contribution in [1.29, 1.82) is 0 Å². The Morgan fingerprint density at radius 2 is 1.29 bits per heavy atom. The summed E-state index contributed by atoms with van der Waals surface area (Å²) in [5, 5.41) is 0. The Hall–Kier alpha value is -3.65. The number of carbonyl (C=O) groups excluding carboxylic acids is 1. The van der Waals surface area contributed by atoms with Crippen LogP contribution in [-0.4, -0.2) is 90.1 Å². The van der Waals surface area contributed by atoms with Crippen molar-refractivity contribution in [1.82, 2.24) is 29.6 Å². The molecule has 0 radical (unpaired) electrons. The Morgan fingerprint density at radius 3 is 1.82 bits per heavy atom. The van der Waals surface area contributed by atoms with E-state index >= 15 is 0 Å². The largest absolute Gasteiger partial charge is 0.493 e. The van der Waals surface area contributed by atoms with E-state index in [0.717, 1.165) is 6.07 Å². The van der Waals surface area contributed by atoms with Gasteiger partial charge in [0.1, 0.15) is 22.7 Å². The molecule has 4 aromatic rings. The molecular weight excluding hydrogens is 502 g/mol. The van der Waals surface area contributed by atoms with Crippen LogP contribution in [0.5, 0.6) is 11.5 Å². The molecule has 38 heavy (non-hydrogen) atoms. The fourth-order valence-corrected chi connectivity index (χ4v) is 4.88.